The maximum atomic E-state index is 6.34. The number of rotatable bonds is 3. The van der Waals surface area contributed by atoms with Crippen LogP contribution in [0, 0.1) is 0 Å². The molecular formula is C56H32OS. The number of thiophene rings is 1. The van der Waals surface area contributed by atoms with Crippen LogP contribution < -0.4 is 0 Å². The largest absolute Gasteiger partial charge is 0.456 e. The maximum Gasteiger partial charge on any atom is 0.136 e. The third kappa shape index (κ3) is 4.52. The number of hydrogen-bond donors (Lipinski definition) is 0. The molecule has 13 rings (SSSR count). The molecule has 2 heteroatoms. The van der Waals surface area contributed by atoms with Gasteiger partial charge in [-0.15, -0.1) is 11.3 Å². The molecule has 11 aromatic carbocycles. The van der Waals surface area contributed by atoms with Gasteiger partial charge in [0.15, 0.2) is 0 Å². The Morgan fingerprint density at radius 2 is 0.845 bits per heavy atom. The first-order valence-electron chi connectivity index (χ1n) is 19.9. The van der Waals surface area contributed by atoms with Gasteiger partial charge in [-0.1, -0.05) is 164 Å². The van der Waals surface area contributed by atoms with Crippen molar-refractivity contribution in [2.75, 3.05) is 0 Å². The predicted molar refractivity (Wildman–Crippen MR) is 250 cm³/mol. The summed E-state index contributed by atoms with van der Waals surface area (Å²) in [5.74, 6) is 0. The SMILES string of the molecule is c1ccc2cc(-c3c4ccccc4c(-c4ccc(-c5cc6sc7cc8oc9ccccc9c8cc7c6c6ccccc56)c5ccccc45)c4ccccc34)ccc2c1. The lowest BCUT2D eigenvalue weighted by Gasteiger charge is -2.20. The molecule has 0 aliphatic carbocycles. The Morgan fingerprint density at radius 1 is 0.293 bits per heavy atom. The Kier molecular flexibility index (Phi) is 6.66. The lowest BCUT2D eigenvalue weighted by atomic mass is 9.83. The second-order valence-electron chi connectivity index (χ2n) is 15.5. The fraction of sp³-hybridized carbons (Fsp3) is 0. The van der Waals surface area contributed by atoms with Crippen molar-refractivity contribution in [3.05, 3.63) is 194 Å². The fourth-order valence-electron chi connectivity index (χ4n) is 9.91. The number of hydrogen-bond acceptors (Lipinski definition) is 2. The summed E-state index contributed by atoms with van der Waals surface area (Å²) in [6.45, 7) is 0. The molecular weight excluding hydrogens is 721 g/mol. The summed E-state index contributed by atoms with van der Waals surface area (Å²) < 4.78 is 8.87. The first-order valence-corrected chi connectivity index (χ1v) is 20.7. The van der Waals surface area contributed by atoms with Gasteiger partial charge in [-0.05, 0) is 118 Å². The lowest BCUT2D eigenvalue weighted by Crippen LogP contribution is -1.93. The van der Waals surface area contributed by atoms with Gasteiger partial charge in [-0.3, -0.25) is 0 Å². The van der Waals surface area contributed by atoms with Crippen molar-refractivity contribution >= 4 is 107 Å². The van der Waals surface area contributed by atoms with Crippen molar-refractivity contribution in [3.8, 4) is 33.4 Å². The van der Waals surface area contributed by atoms with Crippen LogP contribution in [0.3, 0.4) is 0 Å². The minimum Gasteiger partial charge on any atom is -0.456 e. The van der Waals surface area contributed by atoms with Crippen LogP contribution in [-0.2, 0) is 0 Å². The van der Waals surface area contributed by atoms with E-state index in [0.717, 1.165) is 16.6 Å². The molecule has 0 aliphatic rings. The molecule has 0 bridgehead atoms. The normalized spacial score (nSPS) is 12.1. The molecule has 0 saturated heterocycles. The summed E-state index contributed by atoms with van der Waals surface area (Å²) in [5.41, 5.74) is 9.43. The fourth-order valence-corrected chi connectivity index (χ4v) is 11.1. The van der Waals surface area contributed by atoms with E-state index in [-0.39, 0.29) is 0 Å². The van der Waals surface area contributed by atoms with Gasteiger partial charge >= 0.3 is 0 Å². The standard InChI is InChI=1S/C56H32OS/c1-2-14-34-29-35(26-25-33(34)13-1)54-42-20-7-9-22-44(42)55(45-23-10-8-21-43(45)54)46-28-27-39(36-15-3-4-16-37(36)46)47-31-53-56(41-19-6-5-17-38(41)47)49-30-48-40-18-11-12-24-50(40)57-51(48)32-52(49)58-53/h1-32H. The topological polar surface area (TPSA) is 13.1 Å². The average molecular weight is 753 g/mol. The summed E-state index contributed by atoms with van der Waals surface area (Å²) in [6.07, 6.45) is 0. The molecule has 0 unspecified atom stereocenters. The van der Waals surface area contributed by atoms with Crippen LogP contribution in [0.4, 0.5) is 0 Å². The van der Waals surface area contributed by atoms with E-state index in [4.69, 9.17) is 4.42 Å². The maximum absolute atomic E-state index is 6.34. The number of fused-ring (bicyclic) bond motifs is 12. The zero-order chi connectivity index (χ0) is 37.9. The first-order chi connectivity index (χ1) is 28.8. The summed E-state index contributed by atoms with van der Waals surface area (Å²) in [5, 5.41) is 17.5. The van der Waals surface area contributed by atoms with Gasteiger partial charge in [0.1, 0.15) is 11.2 Å². The van der Waals surface area contributed by atoms with E-state index < -0.39 is 0 Å². The molecule has 0 amide bonds. The Balaban J connectivity index is 1.06. The molecule has 0 aliphatic heterocycles. The van der Waals surface area contributed by atoms with Gasteiger partial charge in [0, 0.05) is 30.9 Å². The zero-order valence-corrected chi connectivity index (χ0v) is 32.1. The van der Waals surface area contributed by atoms with Crippen molar-refractivity contribution in [1.82, 2.24) is 0 Å². The average Bonchev–Trinajstić information content (AvgIpc) is 3.84. The first kappa shape index (κ1) is 31.9. The molecule has 2 aromatic heterocycles. The van der Waals surface area contributed by atoms with Crippen LogP contribution in [0.5, 0.6) is 0 Å². The highest BCUT2D eigenvalue weighted by atomic mass is 32.1. The second kappa shape index (κ2) is 12.1. The van der Waals surface area contributed by atoms with Crippen LogP contribution in [0.15, 0.2) is 199 Å². The summed E-state index contributed by atoms with van der Waals surface area (Å²) in [4.78, 5) is 0. The molecule has 0 spiro atoms. The highest BCUT2D eigenvalue weighted by Gasteiger charge is 2.21. The van der Waals surface area contributed by atoms with Gasteiger partial charge in [-0.25, -0.2) is 0 Å². The second-order valence-corrected chi connectivity index (χ2v) is 16.6. The minimum absolute atomic E-state index is 0.934. The van der Waals surface area contributed by atoms with E-state index in [9.17, 15) is 0 Å². The molecule has 0 fully saturated rings. The molecule has 13 aromatic rings. The highest BCUT2D eigenvalue weighted by Crippen LogP contribution is 2.49. The Bertz CT molecular complexity index is 3810. The number of para-hydroxylation sites is 1. The predicted octanol–water partition coefficient (Wildman–Crippen LogP) is 16.7. The lowest BCUT2D eigenvalue weighted by molar-refractivity contribution is 0.669. The Morgan fingerprint density at radius 3 is 1.57 bits per heavy atom. The number of furan rings is 1. The molecule has 0 atom stereocenters. The molecule has 1 nitrogen and oxygen atoms in total. The van der Waals surface area contributed by atoms with Crippen LogP contribution in [0.2, 0.25) is 0 Å². The van der Waals surface area contributed by atoms with E-state index in [1.165, 1.54) is 113 Å². The molecule has 268 valence electrons. The van der Waals surface area contributed by atoms with E-state index in [1.807, 2.05) is 17.4 Å². The summed E-state index contributed by atoms with van der Waals surface area (Å²) in [6, 6.07) is 71.6. The van der Waals surface area contributed by atoms with E-state index in [1.54, 1.807) is 0 Å². The molecule has 58 heavy (non-hydrogen) atoms. The van der Waals surface area contributed by atoms with Crippen molar-refractivity contribution in [2.45, 2.75) is 0 Å². The van der Waals surface area contributed by atoms with Crippen LogP contribution in [0.25, 0.3) is 129 Å². The van der Waals surface area contributed by atoms with Gasteiger partial charge in [-0.2, -0.15) is 0 Å². The molecule has 0 saturated carbocycles. The highest BCUT2D eigenvalue weighted by molar-refractivity contribution is 7.26. The van der Waals surface area contributed by atoms with Gasteiger partial charge in [0.25, 0.3) is 0 Å². The van der Waals surface area contributed by atoms with Crippen LogP contribution in [-0.4, -0.2) is 0 Å². The molecule has 0 radical (unpaired) electrons. The Labute approximate surface area is 337 Å². The van der Waals surface area contributed by atoms with Crippen molar-refractivity contribution < 1.29 is 4.42 Å². The number of benzene rings is 11. The minimum atomic E-state index is 0.934. The van der Waals surface area contributed by atoms with Crippen molar-refractivity contribution in [2.24, 2.45) is 0 Å². The quantitative estimate of drug-likeness (QED) is 0.164. The van der Waals surface area contributed by atoms with Crippen molar-refractivity contribution in [3.63, 3.8) is 0 Å². The third-order valence-electron chi connectivity index (χ3n) is 12.4. The van der Waals surface area contributed by atoms with Gasteiger partial charge in [0.2, 0.25) is 0 Å². The monoisotopic (exact) mass is 752 g/mol. The Hall–Kier alpha value is -7.26. The van der Waals surface area contributed by atoms with E-state index in [0.29, 0.717) is 0 Å². The van der Waals surface area contributed by atoms with E-state index >= 15 is 0 Å². The third-order valence-corrected chi connectivity index (χ3v) is 13.5. The van der Waals surface area contributed by atoms with Gasteiger partial charge < -0.3 is 4.42 Å². The van der Waals surface area contributed by atoms with Crippen LogP contribution in [0.1, 0.15) is 0 Å². The molecule has 0 N–H and O–H groups in total. The van der Waals surface area contributed by atoms with Gasteiger partial charge in [0.05, 0.1) is 0 Å². The van der Waals surface area contributed by atoms with Crippen molar-refractivity contribution in [1.29, 1.82) is 0 Å². The smallest absolute Gasteiger partial charge is 0.136 e. The molecule has 2 heterocycles. The van der Waals surface area contributed by atoms with E-state index in [2.05, 4.69) is 188 Å². The van der Waals surface area contributed by atoms with Crippen LogP contribution >= 0.6 is 11.3 Å². The summed E-state index contributed by atoms with van der Waals surface area (Å²) in [7, 11) is 0. The zero-order valence-electron chi connectivity index (χ0n) is 31.3. The summed E-state index contributed by atoms with van der Waals surface area (Å²) >= 11 is 1.86.